The Morgan fingerprint density at radius 1 is 1.08 bits per heavy atom. The van der Waals surface area contributed by atoms with Gasteiger partial charge >= 0.3 is 5.97 Å². The molecule has 4 nitrogen and oxygen atoms in total. The van der Waals surface area contributed by atoms with E-state index in [0.717, 1.165) is 17.9 Å². The lowest BCUT2D eigenvalue weighted by Gasteiger charge is -2.43. The first-order valence-corrected chi connectivity index (χ1v) is 9.14. The van der Waals surface area contributed by atoms with E-state index in [0.29, 0.717) is 32.2 Å². The van der Waals surface area contributed by atoms with Gasteiger partial charge in [0.1, 0.15) is 0 Å². The molecule has 2 fully saturated rings. The molecular formula is C19H24ClNO3. The van der Waals surface area contributed by atoms with E-state index in [1.165, 1.54) is 12.0 Å². The van der Waals surface area contributed by atoms with Crippen LogP contribution in [0.15, 0.2) is 24.3 Å². The fourth-order valence-corrected chi connectivity index (χ4v) is 4.10. The van der Waals surface area contributed by atoms with Gasteiger partial charge < -0.3 is 10.4 Å². The highest BCUT2D eigenvalue weighted by Gasteiger charge is 2.39. The summed E-state index contributed by atoms with van der Waals surface area (Å²) in [5.41, 5.74) is 1.28. The highest BCUT2D eigenvalue weighted by Crippen LogP contribution is 2.43. The van der Waals surface area contributed by atoms with Crippen molar-refractivity contribution in [2.75, 3.05) is 6.54 Å². The van der Waals surface area contributed by atoms with Crippen LogP contribution in [0.25, 0.3) is 0 Å². The van der Waals surface area contributed by atoms with Gasteiger partial charge in [0.05, 0.1) is 5.92 Å². The summed E-state index contributed by atoms with van der Waals surface area (Å²) >= 11 is 5.97. The monoisotopic (exact) mass is 349 g/mol. The van der Waals surface area contributed by atoms with E-state index in [2.05, 4.69) is 17.4 Å². The Balaban J connectivity index is 1.55. The van der Waals surface area contributed by atoms with Crippen molar-refractivity contribution in [3.8, 4) is 0 Å². The summed E-state index contributed by atoms with van der Waals surface area (Å²) in [5, 5.41) is 12.9. The number of carboxylic acid groups (broad SMARTS) is 1. The van der Waals surface area contributed by atoms with Crippen LogP contribution in [0.2, 0.25) is 5.02 Å². The lowest BCUT2D eigenvalue weighted by atomic mass is 9.64. The van der Waals surface area contributed by atoms with Crippen LogP contribution in [0.1, 0.15) is 50.5 Å². The number of benzene rings is 1. The fourth-order valence-electron chi connectivity index (χ4n) is 3.98. The summed E-state index contributed by atoms with van der Waals surface area (Å²) in [6.07, 6.45) is 5.92. The summed E-state index contributed by atoms with van der Waals surface area (Å²) in [4.78, 5) is 23.5. The number of aliphatic carboxylic acids is 1. The molecule has 0 aromatic heterocycles. The summed E-state index contributed by atoms with van der Waals surface area (Å²) < 4.78 is 0. The third-order valence-electron chi connectivity index (χ3n) is 5.82. The fraction of sp³-hybridized carbons (Fsp3) is 0.579. The zero-order valence-electron chi connectivity index (χ0n) is 13.8. The quantitative estimate of drug-likeness (QED) is 0.850. The molecule has 5 heteroatoms. The van der Waals surface area contributed by atoms with Gasteiger partial charge in [0, 0.05) is 22.9 Å². The number of carbonyl (C=O) groups excluding carboxylic acids is 1. The van der Waals surface area contributed by atoms with Crippen molar-refractivity contribution in [1.82, 2.24) is 5.32 Å². The van der Waals surface area contributed by atoms with Gasteiger partial charge in [-0.1, -0.05) is 30.2 Å². The maximum Gasteiger partial charge on any atom is 0.306 e. The first kappa shape index (κ1) is 17.3. The molecule has 1 aromatic carbocycles. The van der Waals surface area contributed by atoms with Gasteiger partial charge in [0.25, 0.3) is 0 Å². The van der Waals surface area contributed by atoms with Crippen LogP contribution in [0.4, 0.5) is 0 Å². The third-order valence-corrected chi connectivity index (χ3v) is 6.07. The Hall–Kier alpha value is -1.55. The number of amides is 1. The van der Waals surface area contributed by atoms with E-state index >= 15 is 0 Å². The average Bonchev–Trinajstić information content (AvgIpc) is 2.55. The number of halogens is 1. The molecule has 0 saturated heterocycles. The van der Waals surface area contributed by atoms with Crippen LogP contribution >= 0.6 is 11.6 Å². The molecule has 2 aliphatic carbocycles. The Labute approximate surface area is 147 Å². The minimum Gasteiger partial charge on any atom is -0.481 e. The van der Waals surface area contributed by atoms with E-state index in [1.807, 2.05) is 12.1 Å². The van der Waals surface area contributed by atoms with Crippen LogP contribution in [-0.2, 0) is 15.0 Å². The van der Waals surface area contributed by atoms with E-state index in [-0.39, 0.29) is 23.2 Å². The van der Waals surface area contributed by atoms with Crippen LogP contribution in [0, 0.1) is 11.8 Å². The Kier molecular flexibility index (Phi) is 5.14. The summed E-state index contributed by atoms with van der Waals surface area (Å²) in [5.74, 6) is -0.965. The molecule has 2 aliphatic rings. The number of rotatable bonds is 5. The minimum absolute atomic E-state index is 0.0389. The summed E-state index contributed by atoms with van der Waals surface area (Å²) in [6.45, 7) is 0.659. The first-order chi connectivity index (χ1) is 11.5. The second-order valence-electron chi connectivity index (χ2n) is 7.25. The largest absolute Gasteiger partial charge is 0.481 e. The molecule has 3 rings (SSSR count). The molecule has 1 amide bonds. The van der Waals surface area contributed by atoms with Crippen molar-refractivity contribution in [3.63, 3.8) is 0 Å². The topological polar surface area (TPSA) is 66.4 Å². The van der Waals surface area contributed by atoms with Crippen LogP contribution in [0.5, 0.6) is 0 Å². The zero-order chi connectivity index (χ0) is 17.2. The molecule has 0 atom stereocenters. The van der Waals surface area contributed by atoms with Crippen LogP contribution < -0.4 is 5.32 Å². The van der Waals surface area contributed by atoms with Gasteiger partial charge in [-0.25, -0.2) is 0 Å². The molecule has 2 saturated carbocycles. The SMILES string of the molecule is O=C(O)C1CCC(C(=O)NCC2(c3ccc(Cl)cc3)CCC2)CC1. The minimum atomic E-state index is -0.731. The second-order valence-corrected chi connectivity index (χ2v) is 7.68. The van der Waals surface area contributed by atoms with Crippen molar-refractivity contribution in [3.05, 3.63) is 34.9 Å². The van der Waals surface area contributed by atoms with E-state index in [9.17, 15) is 9.59 Å². The van der Waals surface area contributed by atoms with Gasteiger partial charge in [-0.3, -0.25) is 9.59 Å². The number of carboxylic acids is 1. The van der Waals surface area contributed by atoms with Crippen molar-refractivity contribution in [2.45, 2.75) is 50.4 Å². The molecule has 0 bridgehead atoms. The van der Waals surface area contributed by atoms with Gasteiger partial charge in [-0.15, -0.1) is 0 Å². The van der Waals surface area contributed by atoms with E-state index in [1.54, 1.807) is 0 Å². The molecule has 0 radical (unpaired) electrons. The first-order valence-electron chi connectivity index (χ1n) is 8.77. The number of hydrogen-bond acceptors (Lipinski definition) is 2. The molecule has 24 heavy (non-hydrogen) atoms. The molecule has 0 aliphatic heterocycles. The summed E-state index contributed by atoms with van der Waals surface area (Å²) in [7, 11) is 0. The van der Waals surface area contributed by atoms with Crippen LogP contribution in [-0.4, -0.2) is 23.5 Å². The lowest BCUT2D eigenvalue weighted by Crippen LogP contribution is -2.47. The lowest BCUT2D eigenvalue weighted by molar-refractivity contribution is -0.144. The third kappa shape index (κ3) is 3.59. The normalized spacial score (nSPS) is 25.5. The number of carbonyl (C=O) groups is 2. The number of hydrogen-bond donors (Lipinski definition) is 2. The van der Waals surface area contributed by atoms with Crippen molar-refractivity contribution in [2.24, 2.45) is 11.8 Å². The number of nitrogens with one attached hydrogen (secondary N) is 1. The van der Waals surface area contributed by atoms with Gasteiger partial charge in [0.2, 0.25) is 5.91 Å². The van der Waals surface area contributed by atoms with Crippen molar-refractivity contribution < 1.29 is 14.7 Å². The molecule has 1 aromatic rings. The molecular weight excluding hydrogens is 326 g/mol. The van der Waals surface area contributed by atoms with Gasteiger partial charge in [0.15, 0.2) is 0 Å². The predicted octanol–water partition coefficient (Wildman–Crippen LogP) is 3.77. The molecule has 0 heterocycles. The van der Waals surface area contributed by atoms with Gasteiger partial charge in [-0.05, 0) is 56.2 Å². The molecule has 0 unspecified atom stereocenters. The van der Waals surface area contributed by atoms with Gasteiger partial charge in [-0.2, -0.15) is 0 Å². The Morgan fingerprint density at radius 2 is 1.67 bits per heavy atom. The maximum absolute atomic E-state index is 12.5. The summed E-state index contributed by atoms with van der Waals surface area (Å²) in [6, 6.07) is 7.94. The Bertz CT molecular complexity index is 602. The smallest absolute Gasteiger partial charge is 0.306 e. The van der Waals surface area contributed by atoms with E-state index in [4.69, 9.17) is 16.7 Å². The van der Waals surface area contributed by atoms with E-state index < -0.39 is 5.97 Å². The van der Waals surface area contributed by atoms with Crippen molar-refractivity contribution in [1.29, 1.82) is 0 Å². The second kappa shape index (κ2) is 7.14. The van der Waals surface area contributed by atoms with Crippen molar-refractivity contribution >= 4 is 23.5 Å². The molecule has 130 valence electrons. The highest BCUT2D eigenvalue weighted by atomic mass is 35.5. The highest BCUT2D eigenvalue weighted by molar-refractivity contribution is 6.30. The Morgan fingerprint density at radius 3 is 2.17 bits per heavy atom. The zero-order valence-corrected chi connectivity index (χ0v) is 14.5. The predicted molar refractivity (Wildman–Crippen MR) is 93.1 cm³/mol. The standard InChI is InChI=1S/C19H24ClNO3/c20-16-8-6-15(7-9-16)19(10-1-11-19)12-21-17(22)13-2-4-14(5-3-13)18(23)24/h6-9,13-14H,1-5,10-12H2,(H,21,22)(H,23,24). The maximum atomic E-state index is 12.5. The van der Waals surface area contributed by atoms with Crippen LogP contribution in [0.3, 0.4) is 0 Å². The average molecular weight is 350 g/mol. The molecule has 0 spiro atoms. The molecule has 2 N–H and O–H groups in total.